The monoisotopic (exact) mass is 376 g/mol. The van der Waals surface area contributed by atoms with Crippen molar-refractivity contribution in [2.45, 2.75) is 6.42 Å². The second-order valence-electron chi connectivity index (χ2n) is 5.55. The van der Waals surface area contributed by atoms with Crippen LogP contribution < -0.4 is 24.8 Å². The first kappa shape index (κ1) is 20.0. The highest BCUT2D eigenvalue weighted by Crippen LogP contribution is 2.39. The second-order valence-corrected chi connectivity index (χ2v) is 5.55. The smallest absolute Gasteiger partial charge is 0.243 e. The number of carbonyl (C=O) groups is 2. The Hall–Kier alpha value is -3.29. The van der Waals surface area contributed by atoms with Gasteiger partial charge < -0.3 is 24.8 Å². The molecule has 2 N–H and O–H groups in total. The van der Waals surface area contributed by atoms with Crippen molar-refractivity contribution >= 4 is 17.5 Å². The van der Waals surface area contributed by atoms with Crippen LogP contribution in [-0.2, 0) is 16.0 Å². The maximum absolute atomic E-state index is 13.1. The molecule has 0 spiro atoms. The van der Waals surface area contributed by atoms with Crippen molar-refractivity contribution < 1.29 is 28.2 Å². The molecule has 2 aromatic carbocycles. The molecule has 7 nitrogen and oxygen atoms in total. The number of hydrogen-bond acceptors (Lipinski definition) is 5. The predicted molar refractivity (Wildman–Crippen MR) is 97.8 cm³/mol. The average Bonchev–Trinajstić information content (AvgIpc) is 2.65. The van der Waals surface area contributed by atoms with Crippen molar-refractivity contribution in [1.82, 2.24) is 5.32 Å². The molecule has 0 radical (unpaired) electrons. The average molecular weight is 376 g/mol. The summed E-state index contributed by atoms with van der Waals surface area (Å²) in [5.41, 5.74) is 0.950. The van der Waals surface area contributed by atoms with E-state index in [0.29, 0.717) is 28.5 Å². The van der Waals surface area contributed by atoms with E-state index in [0.717, 1.165) is 0 Å². The van der Waals surface area contributed by atoms with Crippen LogP contribution in [0.15, 0.2) is 36.4 Å². The fourth-order valence-electron chi connectivity index (χ4n) is 2.43. The lowest BCUT2D eigenvalue weighted by molar-refractivity contribution is -0.123. The maximum atomic E-state index is 13.1. The Morgan fingerprint density at radius 2 is 1.63 bits per heavy atom. The number of benzene rings is 2. The summed E-state index contributed by atoms with van der Waals surface area (Å²) in [6, 6.07) is 8.89. The summed E-state index contributed by atoms with van der Waals surface area (Å²) < 4.78 is 28.8. The SMILES string of the molecule is COc1cc(NC(=O)CNC(=O)Cc2cccc(F)c2)cc(OC)c1OC. The van der Waals surface area contributed by atoms with E-state index in [-0.39, 0.29) is 18.9 Å². The van der Waals surface area contributed by atoms with Crippen LogP contribution in [0.1, 0.15) is 5.56 Å². The maximum Gasteiger partial charge on any atom is 0.243 e. The van der Waals surface area contributed by atoms with Crippen molar-refractivity contribution in [3.05, 3.63) is 47.8 Å². The van der Waals surface area contributed by atoms with Gasteiger partial charge in [0.2, 0.25) is 17.6 Å². The van der Waals surface area contributed by atoms with Crippen LogP contribution in [0, 0.1) is 5.82 Å². The van der Waals surface area contributed by atoms with Crippen molar-refractivity contribution in [1.29, 1.82) is 0 Å². The molecule has 0 aromatic heterocycles. The van der Waals surface area contributed by atoms with Gasteiger partial charge in [0.05, 0.1) is 34.3 Å². The van der Waals surface area contributed by atoms with Gasteiger partial charge in [0, 0.05) is 17.8 Å². The Balaban J connectivity index is 1.94. The summed E-state index contributed by atoms with van der Waals surface area (Å²) in [6.45, 7) is -0.231. The van der Waals surface area contributed by atoms with Gasteiger partial charge in [0.15, 0.2) is 11.5 Å². The first-order valence-corrected chi connectivity index (χ1v) is 8.07. The molecule has 0 atom stereocenters. The number of anilines is 1. The van der Waals surface area contributed by atoms with Crippen molar-refractivity contribution in [2.75, 3.05) is 33.2 Å². The molecular formula is C19H21FN2O5. The third-order valence-corrected chi connectivity index (χ3v) is 3.65. The predicted octanol–water partition coefficient (Wildman–Crippen LogP) is 2.15. The van der Waals surface area contributed by atoms with Gasteiger partial charge in [0.1, 0.15) is 5.82 Å². The molecule has 2 aromatic rings. The Labute approximate surface area is 156 Å². The van der Waals surface area contributed by atoms with Gasteiger partial charge in [-0.3, -0.25) is 9.59 Å². The number of carbonyl (C=O) groups excluding carboxylic acids is 2. The molecule has 0 aliphatic heterocycles. The van der Waals surface area contributed by atoms with Crippen LogP contribution in [-0.4, -0.2) is 39.7 Å². The molecule has 0 aliphatic rings. The molecule has 0 aliphatic carbocycles. The second kappa shape index (κ2) is 9.42. The number of amides is 2. The quantitative estimate of drug-likeness (QED) is 0.737. The molecule has 27 heavy (non-hydrogen) atoms. The Morgan fingerprint density at radius 1 is 0.963 bits per heavy atom. The molecule has 2 rings (SSSR count). The number of hydrogen-bond donors (Lipinski definition) is 2. The van der Waals surface area contributed by atoms with Crippen LogP contribution >= 0.6 is 0 Å². The zero-order chi connectivity index (χ0) is 19.8. The molecule has 0 bridgehead atoms. The minimum Gasteiger partial charge on any atom is -0.493 e. The molecule has 0 unspecified atom stereocenters. The van der Waals surface area contributed by atoms with Gasteiger partial charge in [0.25, 0.3) is 0 Å². The molecular weight excluding hydrogens is 355 g/mol. The minimum atomic E-state index is -0.433. The molecule has 0 saturated heterocycles. The molecule has 2 amide bonds. The molecule has 0 heterocycles. The molecule has 0 saturated carbocycles. The van der Waals surface area contributed by atoms with Gasteiger partial charge in [-0.1, -0.05) is 12.1 Å². The number of halogens is 1. The lowest BCUT2D eigenvalue weighted by atomic mass is 10.1. The Bertz CT molecular complexity index is 800. The standard InChI is InChI=1S/C19H21FN2O5/c1-25-15-9-14(10-16(26-2)19(15)27-3)22-18(24)11-21-17(23)8-12-5-4-6-13(20)7-12/h4-7,9-10H,8,11H2,1-3H3,(H,21,23)(H,22,24). The van der Waals surface area contributed by atoms with E-state index in [2.05, 4.69) is 10.6 Å². The lowest BCUT2D eigenvalue weighted by Crippen LogP contribution is -2.33. The van der Waals surface area contributed by atoms with Gasteiger partial charge in [-0.15, -0.1) is 0 Å². The number of rotatable bonds is 8. The summed E-state index contributed by atoms with van der Waals surface area (Å²) in [5, 5.41) is 5.13. The molecule has 144 valence electrons. The lowest BCUT2D eigenvalue weighted by Gasteiger charge is -2.14. The Morgan fingerprint density at radius 3 is 2.19 bits per heavy atom. The fraction of sp³-hybridized carbons (Fsp3) is 0.263. The van der Waals surface area contributed by atoms with E-state index in [4.69, 9.17) is 14.2 Å². The summed E-state index contributed by atoms with van der Waals surface area (Å²) in [5.74, 6) is -0.0519. The number of nitrogens with one attached hydrogen (secondary N) is 2. The third-order valence-electron chi connectivity index (χ3n) is 3.65. The van der Waals surface area contributed by atoms with E-state index in [1.807, 2.05) is 0 Å². The van der Waals surface area contributed by atoms with Crippen LogP contribution in [0.5, 0.6) is 17.2 Å². The van der Waals surface area contributed by atoms with Gasteiger partial charge >= 0.3 is 0 Å². The van der Waals surface area contributed by atoms with E-state index in [1.54, 1.807) is 18.2 Å². The van der Waals surface area contributed by atoms with Crippen molar-refractivity contribution in [2.24, 2.45) is 0 Å². The largest absolute Gasteiger partial charge is 0.493 e. The first-order chi connectivity index (χ1) is 13.0. The van der Waals surface area contributed by atoms with E-state index < -0.39 is 11.7 Å². The van der Waals surface area contributed by atoms with Gasteiger partial charge in [-0.2, -0.15) is 0 Å². The Kier molecular flexibility index (Phi) is 6.99. The fourth-order valence-corrected chi connectivity index (χ4v) is 2.43. The van der Waals surface area contributed by atoms with E-state index in [1.165, 1.54) is 39.5 Å². The van der Waals surface area contributed by atoms with Crippen LogP contribution in [0.2, 0.25) is 0 Å². The topological polar surface area (TPSA) is 85.9 Å². The van der Waals surface area contributed by atoms with Crippen LogP contribution in [0.25, 0.3) is 0 Å². The highest BCUT2D eigenvalue weighted by Gasteiger charge is 2.15. The zero-order valence-corrected chi connectivity index (χ0v) is 15.3. The summed E-state index contributed by atoms with van der Waals surface area (Å²) in [4.78, 5) is 24.0. The van der Waals surface area contributed by atoms with Crippen LogP contribution in [0.4, 0.5) is 10.1 Å². The number of methoxy groups -OCH3 is 3. The minimum absolute atomic E-state index is 0.0186. The zero-order valence-electron chi connectivity index (χ0n) is 15.3. The first-order valence-electron chi connectivity index (χ1n) is 8.07. The summed E-state index contributed by atoms with van der Waals surface area (Å²) in [6.07, 6.45) is -0.0186. The summed E-state index contributed by atoms with van der Waals surface area (Å²) in [7, 11) is 4.41. The summed E-state index contributed by atoms with van der Waals surface area (Å²) >= 11 is 0. The van der Waals surface area contributed by atoms with Crippen molar-refractivity contribution in [3.63, 3.8) is 0 Å². The van der Waals surface area contributed by atoms with Gasteiger partial charge in [-0.05, 0) is 17.7 Å². The third kappa shape index (κ3) is 5.60. The highest BCUT2D eigenvalue weighted by atomic mass is 19.1. The molecule has 0 fully saturated rings. The van der Waals surface area contributed by atoms with Crippen LogP contribution in [0.3, 0.4) is 0 Å². The highest BCUT2D eigenvalue weighted by molar-refractivity contribution is 5.95. The number of ether oxygens (including phenoxy) is 3. The van der Waals surface area contributed by atoms with Gasteiger partial charge in [-0.25, -0.2) is 4.39 Å². The van der Waals surface area contributed by atoms with Crippen molar-refractivity contribution in [3.8, 4) is 17.2 Å². The normalized spacial score (nSPS) is 10.1. The molecule has 8 heteroatoms. The van der Waals surface area contributed by atoms with E-state index in [9.17, 15) is 14.0 Å². The van der Waals surface area contributed by atoms with E-state index >= 15 is 0 Å².